The highest BCUT2D eigenvalue weighted by Crippen LogP contribution is 2.02. The van der Waals surface area contributed by atoms with Gasteiger partial charge in [-0.2, -0.15) is 0 Å². The summed E-state index contributed by atoms with van der Waals surface area (Å²) in [6.07, 6.45) is 0. The van der Waals surface area contributed by atoms with Gasteiger partial charge in [-0.15, -0.1) is 0 Å². The number of hydrogen-bond acceptors (Lipinski definition) is 1. The van der Waals surface area contributed by atoms with Crippen LogP contribution in [0.25, 0.3) is 0 Å². The highest BCUT2D eigenvalue weighted by atomic mass is 19.1. The molecule has 3 nitrogen and oxygen atoms in total. The number of para-hydroxylation sites is 1. The fourth-order valence-corrected chi connectivity index (χ4v) is 0.698. The standard InChI is InChI=1S/C8H8FN2O/c9-6-10-8(12)11-7-4-2-1-3-5-7/h1-4H,6H2,(H2,10,11,12). The van der Waals surface area contributed by atoms with Gasteiger partial charge in [0.2, 0.25) is 0 Å². The number of benzene rings is 1. The first-order chi connectivity index (χ1) is 5.83. The van der Waals surface area contributed by atoms with Crippen LogP contribution in [0.3, 0.4) is 0 Å². The molecule has 0 bridgehead atoms. The number of rotatable bonds is 2. The molecule has 0 heterocycles. The second-order valence-corrected chi connectivity index (χ2v) is 2.04. The lowest BCUT2D eigenvalue weighted by atomic mass is 10.3. The van der Waals surface area contributed by atoms with Crippen molar-refractivity contribution in [1.82, 2.24) is 5.32 Å². The van der Waals surface area contributed by atoms with Crippen LogP contribution < -0.4 is 10.6 Å². The molecule has 63 valence electrons. The lowest BCUT2D eigenvalue weighted by Gasteiger charge is -2.02. The Kier molecular flexibility index (Phi) is 3.07. The van der Waals surface area contributed by atoms with Crippen LogP contribution in [0.1, 0.15) is 0 Å². The number of amides is 2. The number of halogens is 1. The van der Waals surface area contributed by atoms with Crippen molar-refractivity contribution in [2.75, 3.05) is 12.1 Å². The van der Waals surface area contributed by atoms with Gasteiger partial charge in [-0.3, -0.25) is 0 Å². The molecule has 0 saturated heterocycles. The average Bonchev–Trinajstić information content (AvgIpc) is 2.06. The van der Waals surface area contributed by atoms with E-state index in [9.17, 15) is 9.18 Å². The van der Waals surface area contributed by atoms with E-state index in [0.717, 1.165) is 0 Å². The first-order valence-corrected chi connectivity index (χ1v) is 3.40. The smallest absolute Gasteiger partial charge is 0.310 e. The monoisotopic (exact) mass is 167 g/mol. The molecule has 2 amide bonds. The van der Waals surface area contributed by atoms with E-state index in [-0.39, 0.29) is 0 Å². The molecular weight excluding hydrogens is 159 g/mol. The van der Waals surface area contributed by atoms with Crippen LogP contribution in [0, 0.1) is 6.07 Å². The Balaban J connectivity index is 2.47. The van der Waals surface area contributed by atoms with Gasteiger partial charge in [0.1, 0.15) is 0 Å². The summed E-state index contributed by atoms with van der Waals surface area (Å²) < 4.78 is 11.6. The number of urea groups is 1. The van der Waals surface area contributed by atoms with E-state index in [2.05, 4.69) is 11.4 Å². The van der Waals surface area contributed by atoms with Crippen molar-refractivity contribution in [3.05, 3.63) is 30.3 Å². The molecule has 0 spiro atoms. The van der Waals surface area contributed by atoms with Gasteiger partial charge in [0.25, 0.3) is 0 Å². The molecule has 0 aliphatic heterocycles. The summed E-state index contributed by atoms with van der Waals surface area (Å²) in [4.78, 5) is 10.7. The third kappa shape index (κ3) is 2.57. The van der Waals surface area contributed by atoms with Gasteiger partial charge < -0.3 is 10.6 Å². The second-order valence-electron chi connectivity index (χ2n) is 2.04. The number of carbonyl (C=O) groups is 1. The summed E-state index contributed by atoms with van der Waals surface area (Å²) in [7, 11) is 0. The predicted molar refractivity (Wildman–Crippen MR) is 43.4 cm³/mol. The first kappa shape index (κ1) is 8.52. The maximum atomic E-state index is 11.6. The van der Waals surface area contributed by atoms with Crippen molar-refractivity contribution in [3.8, 4) is 0 Å². The molecule has 2 N–H and O–H groups in total. The minimum Gasteiger partial charge on any atom is -0.310 e. The molecule has 0 aromatic heterocycles. The molecule has 1 radical (unpaired) electrons. The van der Waals surface area contributed by atoms with Gasteiger partial charge in [-0.1, -0.05) is 18.2 Å². The van der Waals surface area contributed by atoms with Crippen molar-refractivity contribution in [2.45, 2.75) is 0 Å². The van der Waals surface area contributed by atoms with Crippen LogP contribution in [0.4, 0.5) is 14.9 Å². The predicted octanol–water partition coefficient (Wildman–Crippen LogP) is 1.54. The second kappa shape index (κ2) is 4.33. The van der Waals surface area contributed by atoms with Crippen molar-refractivity contribution in [2.24, 2.45) is 0 Å². The minimum absolute atomic E-state index is 0.517. The zero-order valence-corrected chi connectivity index (χ0v) is 6.30. The normalized spacial score (nSPS) is 9.08. The zero-order valence-electron chi connectivity index (χ0n) is 6.30. The summed E-state index contributed by atoms with van der Waals surface area (Å²) in [5, 5.41) is 4.35. The minimum atomic E-state index is -0.876. The number of hydrogen-bond donors (Lipinski definition) is 2. The van der Waals surface area contributed by atoms with E-state index in [1.807, 2.05) is 5.32 Å². The maximum absolute atomic E-state index is 11.6. The van der Waals surface area contributed by atoms with Crippen molar-refractivity contribution >= 4 is 11.7 Å². The van der Waals surface area contributed by atoms with Crippen LogP contribution >= 0.6 is 0 Å². The van der Waals surface area contributed by atoms with Crippen molar-refractivity contribution in [1.29, 1.82) is 0 Å². The van der Waals surface area contributed by atoms with Gasteiger partial charge in [-0.25, -0.2) is 9.18 Å². The van der Waals surface area contributed by atoms with Crippen LogP contribution in [0.5, 0.6) is 0 Å². The van der Waals surface area contributed by atoms with E-state index >= 15 is 0 Å². The molecule has 12 heavy (non-hydrogen) atoms. The number of nitrogens with one attached hydrogen (secondary N) is 2. The number of carbonyl (C=O) groups excluding carboxylic acids is 1. The summed E-state index contributed by atoms with van der Waals surface area (Å²) in [5.74, 6) is 0. The Labute approximate surface area is 69.6 Å². The summed E-state index contributed by atoms with van der Waals surface area (Å²) in [6, 6.07) is 9.04. The Morgan fingerprint density at radius 2 is 2.42 bits per heavy atom. The van der Waals surface area contributed by atoms with E-state index in [1.165, 1.54) is 0 Å². The molecular formula is C8H8FN2O. The molecule has 0 aliphatic rings. The van der Waals surface area contributed by atoms with E-state index in [0.29, 0.717) is 5.69 Å². The molecule has 0 atom stereocenters. The Bertz CT molecular complexity index is 250. The number of anilines is 1. The third-order valence-electron chi connectivity index (χ3n) is 1.18. The molecule has 1 aromatic carbocycles. The fraction of sp³-hybridized carbons (Fsp3) is 0.125. The Hall–Kier alpha value is -1.58. The van der Waals surface area contributed by atoms with E-state index < -0.39 is 12.8 Å². The summed E-state index contributed by atoms with van der Waals surface area (Å²) in [6.45, 7) is -0.876. The highest BCUT2D eigenvalue weighted by Gasteiger charge is 1.97. The molecule has 0 unspecified atom stereocenters. The largest absolute Gasteiger partial charge is 0.321 e. The maximum Gasteiger partial charge on any atom is 0.321 e. The SMILES string of the molecule is O=C(NCF)Nc1[c]cccc1. The van der Waals surface area contributed by atoms with Crippen LogP contribution in [0.2, 0.25) is 0 Å². The zero-order chi connectivity index (χ0) is 8.81. The molecule has 0 aliphatic carbocycles. The lowest BCUT2D eigenvalue weighted by molar-refractivity contribution is 0.247. The van der Waals surface area contributed by atoms with Crippen molar-refractivity contribution in [3.63, 3.8) is 0 Å². The van der Waals surface area contributed by atoms with Crippen LogP contribution in [-0.2, 0) is 0 Å². The summed E-state index contributed by atoms with van der Waals surface area (Å²) in [5.41, 5.74) is 0.517. The highest BCUT2D eigenvalue weighted by molar-refractivity contribution is 5.88. The molecule has 1 aromatic rings. The van der Waals surface area contributed by atoms with Crippen LogP contribution in [-0.4, -0.2) is 12.8 Å². The molecule has 0 fully saturated rings. The lowest BCUT2D eigenvalue weighted by Crippen LogP contribution is -2.27. The van der Waals surface area contributed by atoms with Crippen LogP contribution in [0.15, 0.2) is 24.3 Å². The average molecular weight is 167 g/mol. The summed E-state index contributed by atoms with van der Waals surface area (Å²) >= 11 is 0. The Morgan fingerprint density at radius 3 is 3.00 bits per heavy atom. The number of alkyl halides is 1. The van der Waals surface area contributed by atoms with Gasteiger partial charge in [0.15, 0.2) is 6.80 Å². The van der Waals surface area contributed by atoms with Gasteiger partial charge in [0, 0.05) is 6.07 Å². The van der Waals surface area contributed by atoms with Gasteiger partial charge in [0.05, 0.1) is 5.69 Å². The topological polar surface area (TPSA) is 41.1 Å². The van der Waals surface area contributed by atoms with Gasteiger partial charge in [-0.05, 0) is 6.07 Å². The molecule has 0 saturated carbocycles. The van der Waals surface area contributed by atoms with E-state index in [1.54, 1.807) is 24.3 Å². The van der Waals surface area contributed by atoms with Gasteiger partial charge >= 0.3 is 6.03 Å². The third-order valence-corrected chi connectivity index (χ3v) is 1.18. The Morgan fingerprint density at radius 1 is 1.58 bits per heavy atom. The quantitative estimate of drug-likeness (QED) is 0.644. The first-order valence-electron chi connectivity index (χ1n) is 3.40. The molecule has 4 heteroatoms. The van der Waals surface area contributed by atoms with E-state index in [4.69, 9.17) is 0 Å². The fourth-order valence-electron chi connectivity index (χ4n) is 0.698. The van der Waals surface area contributed by atoms with Crippen molar-refractivity contribution < 1.29 is 9.18 Å². The molecule has 1 rings (SSSR count).